The van der Waals surface area contributed by atoms with Gasteiger partial charge in [-0.15, -0.1) is 0 Å². The fraction of sp³-hybridized carbons (Fsp3) is 0.167. The summed E-state index contributed by atoms with van der Waals surface area (Å²) in [6.45, 7) is 0. The number of nitrogens with zero attached hydrogens (tertiary/aromatic N) is 3. The van der Waals surface area contributed by atoms with Crippen LogP contribution in [0.4, 0.5) is 10.1 Å². The molecule has 4 nitrogen and oxygen atoms in total. The third-order valence-corrected chi connectivity index (χ3v) is 5.77. The Kier molecular flexibility index (Phi) is 4.06. The summed E-state index contributed by atoms with van der Waals surface area (Å²) < 4.78 is 13.5. The van der Waals surface area contributed by atoms with Gasteiger partial charge in [0.2, 0.25) is 0 Å². The van der Waals surface area contributed by atoms with E-state index in [0.717, 1.165) is 40.9 Å². The van der Waals surface area contributed by atoms with Gasteiger partial charge in [0, 0.05) is 11.5 Å². The third-order valence-electron chi connectivity index (χ3n) is 5.77. The molecule has 1 heterocycles. The SMILES string of the molecule is N#Cc1ccc(N2N=C3c4ccc(O)cc4CC[C@H]3[C@@H]2c2ccc(F)cc2)cc1. The van der Waals surface area contributed by atoms with Crippen LogP contribution in [0.1, 0.15) is 34.7 Å². The number of hydrazone groups is 1. The van der Waals surface area contributed by atoms with E-state index in [0.29, 0.717) is 5.56 Å². The number of aromatic hydroxyl groups is 1. The van der Waals surface area contributed by atoms with Crippen LogP contribution in [0.2, 0.25) is 0 Å². The van der Waals surface area contributed by atoms with Crippen LogP contribution in [-0.4, -0.2) is 10.8 Å². The lowest BCUT2D eigenvalue weighted by molar-refractivity contribution is 0.472. The molecule has 0 fully saturated rings. The van der Waals surface area contributed by atoms with Gasteiger partial charge in [0.1, 0.15) is 11.6 Å². The van der Waals surface area contributed by atoms with Crippen molar-refractivity contribution in [3.8, 4) is 11.8 Å². The van der Waals surface area contributed by atoms with Gasteiger partial charge in [-0.2, -0.15) is 10.4 Å². The molecule has 0 bridgehead atoms. The van der Waals surface area contributed by atoms with E-state index in [1.807, 2.05) is 41.4 Å². The zero-order chi connectivity index (χ0) is 20.0. The highest BCUT2D eigenvalue weighted by atomic mass is 19.1. The maximum Gasteiger partial charge on any atom is 0.123 e. The molecule has 3 aromatic rings. The Balaban J connectivity index is 1.63. The molecule has 2 atom stereocenters. The molecule has 5 heteroatoms. The number of anilines is 1. The van der Waals surface area contributed by atoms with E-state index in [-0.39, 0.29) is 23.5 Å². The van der Waals surface area contributed by atoms with Crippen LogP contribution in [-0.2, 0) is 6.42 Å². The molecule has 0 aromatic heterocycles. The van der Waals surface area contributed by atoms with Gasteiger partial charge >= 0.3 is 0 Å². The molecule has 0 radical (unpaired) electrons. The molecule has 0 amide bonds. The molecule has 1 N–H and O–H groups in total. The van der Waals surface area contributed by atoms with Crippen LogP contribution < -0.4 is 5.01 Å². The Morgan fingerprint density at radius 2 is 1.79 bits per heavy atom. The second kappa shape index (κ2) is 6.75. The van der Waals surface area contributed by atoms with Gasteiger partial charge in [-0.3, -0.25) is 5.01 Å². The van der Waals surface area contributed by atoms with E-state index in [1.165, 1.54) is 12.1 Å². The predicted octanol–water partition coefficient (Wildman–Crippen LogP) is 4.93. The number of hydrogen-bond acceptors (Lipinski definition) is 4. The minimum absolute atomic E-state index is 0.0551. The van der Waals surface area contributed by atoms with Gasteiger partial charge in [-0.05, 0) is 78.6 Å². The highest BCUT2D eigenvalue weighted by Crippen LogP contribution is 2.45. The lowest BCUT2D eigenvalue weighted by atomic mass is 9.77. The van der Waals surface area contributed by atoms with Crippen LogP contribution >= 0.6 is 0 Å². The van der Waals surface area contributed by atoms with Crippen LogP contribution in [0, 0.1) is 23.1 Å². The normalized spacial score (nSPS) is 19.9. The van der Waals surface area contributed by atoms with Crippen molar-refractivity contribution in [2.45, 2.75) is 18.9 Å². The molecular weight excluding hydrogens is 365 g/mol. The topological polar surface area (TPSA) is 59.6 Å². The van der Waals surface area contributed by atoms with Gasteiger partial charge in [-0.25, -0.2) is 4.39 Å². The Morgan fingerprint density at radius 3 is 2.52 bits per heavy atom. The first kappa shape index (κ1) is 17.4. The monoisotopic (exact) mass is 383 g/mol. The zero-order valence-electron chi connectivity index (χ0n) is 15.6. The largest absolute Gasteiger partial charge is 0.508 e. The first-order valence-corrected chi connectivity index (χ1v) is 9.59. The maximum absolute atomic E-state index is 13.5. The summed E-state index contributed by atoms with van der Waals surface area (Å²) in [5.41, 5.74) is 5.63. The van der Waals surface area contributed by atoms with Crippen LogP contribution in [0.15, 0.2) is 71.8 Å². The second-order valence-corrected chi connectivity index (χ2v) is 7.47. The molecule has 0 spiro atoms. The number of phenols is 1. The summed E-state index contributed by atoms with van der Waals surface area (Å²) in [7, 11) is 0. The lowest BCUT2D eigenvalue weighted by Gasteiger charge is -2.30. The zero-order valence-corrected chi connectivity index (χ0v) is 15.6. The van der Waals surface area contributed by atoms with E-state index < -0.39 is 0 Å². The van der Waals surface area contributed by atoms with E-state index in [2.05, 4.69) is 6.07 Å². The molecular formula is C24H18FN3O. The number of benzene rings is 3. The number of hydrogen-bond donors (Lipinski definition) is 1. The standard InChI is InChI=1S/C24H18FN3O/c25-18-6-3-16(4-7-18)24-22-11-5-17-13-20(29)10-12-21(17)23(22)27-28(24)19-8-1-15(14-26)2-9-19/h1-4,6-10,12-13,22,24,29H,5,11H2/t22-,24+/m1/s1. The number of rotatable bonds is 2. The molecule has 0 unspecified atom stereocenters. The van der Waals surface area contributed by atoms with Gasteiger partial charge in [0.25, 0.3) is 0 Å². The van der Waals surface area contributed by atoms with Crippen molar-refractivity contribution in [3.63, 3.8) is 0 Å². The van der Waals surface area contributed by atoms with Crippen molar-refractivity contribution in [2.24, 2.45) is 11.0 Å². The molecule has 1 aliphatic carbocycles. The molecule has 142 valence electrons. The quantitative estimate of drug-likeness (QED) is 0.682. The second-order valence-electron chi connectivity index (χ2n) is 7.47. The highest BCUT2D eigenvalue weighted by Gasteiger charge is 2.42. The first-order chi connectivity index (χ1) is 14.1. The fourth-order valence-electron chi connectivity index (χ4n) is 4.41. The fourth-order valence-corrected chi connectivity index (χ4v) is 4.41. The Labute approximate surface area is 168 Å². The van der Waals surface area contributed by atoms with Crippen molar-refractivity contribution in [1.82, 2.24) is 0 Å². The minimum Gasteiger partial charge on any atom is -0.508 e. The minimum atomic E-state index is -0.262. The van der Waals surface area contributed by atoms with E-state index in [9.17, 15) is 9.50 Å². The molecule has 2 aliphatic rings. The van der Waals surface area contributed by atoms with Gasteiger partial charge < -0.3 is 5.11 Å². The lowest BCUT2D eigenvalue weighted by Crippen LogP contribution is -2.28. The summed E-state index contributed by atoms with van der Waals surface area (Å²) in [6, 6.07) is 21.5. The molecule has 0 saturated carbocycles. The molecule has 1 aliphatic heterocycles. The average molecular weight is 383 g/mol. The Morgan fingerprint density at radius 1 is 1.03 bits per heavy atom. The number of aryl methyl sites for hydroxylation is 1. The van der Waals surface area contributed by atoms with Crippen molar-refractivity contribution in [2.75, 3.05) is 5.01 Å². The maximum atomic E-state index is 13.5. The van der Waals surface area contributed by atoms with Gasteiger partial charge in [0.05, 0.1) is 29.1 Å². The predicted molar refractivity (Wildman–Crippen MR) is 109 cm³/mol. The van der Waals surface area contributed by atoms with Crippen molar-refractivity contribution >= 4 is 11.4 Å². The molecule has 5 rings (SSSR count). The van der Waals surface area contributed by atoms with E-state index in [1.54, 1.807) is 18.2 Å². The highest BCUT2D eigenvalue weighted by molar-refractivity contribution is 6.07. The van der Waals surface area contributed by atoms with Gasteiger partial charge in [-0.1, -0.05) is 12.1 Å². The first-order valence-electron chi connectivity index (χ1n) is 9.59. The summed E-state index contributed by atoms with van der Waals surface area (Å²) in [4.78, 5) is 0. The number of phenolic OH excluding ortho intramolecular Hbond substituents is 1. The van der Waals surface area contributed by atoms with Crippen LogP contribution in [0.5, 0.6) is 5.75 Å². The van der Waals surface area contributed by atoms with Crippen molar-refractivity contribution < 1.29 is 9.50 Å². The Hall–Kier alpha value is -3.65. The van der Waals surface area contributed by atoms with Crippen molar-refractivity contribution in [3.05, 3.63) is 94.8 Å². The van der Waals surface area contributed by atoms with Gasteiger partial charge in [0.15, 0.2) is 0 Å². The summed E-state index contributed by atoms with van der Waals surface area (Å²) in [5.74, 6) is 0.162. The summed E-state index contributed by atoms with van der Waals surface area (Å²) in [6.07, 6.45) is 1.75. The summed E-state index contributed by atoms with van der Waals surface area (Å²) in [5, 5.41) is 25.9. The smallest absolute Gasteiger partial charge is 0.123 e. The molecule has 29 heavy (non-hydrogen) atoms. The Bertz CT molecular complexity index is 1150. The number of halogens is 1. The van der Waals surface area contributed by atoms with E-state index in [4.69, 9.17) is 10.4 Å². The van der Waals surface area contributed by atoms with Crippen LogP contribution in [0.25, 0.3) is 0 Å². The number of nitriles is 1. The molecule has 3 aromatic carbocycles. The molecule has 0 saturated heterocycles. The van der Waals surface area contributed by atoms with Crippen molar-refractivity contribution in [1.29, 1.82) is 5.26 Å². The summed E-state index contributed by atoms with van der Waals surface area (Å²) >= 11 is 0. The van der Waals surface area contributed by atoms with E-state index >= 15 is 0 Å². The third kappa shape index (κ3) is 2.94. The average Bonchev–Trinajstić information content (AvgIpc) is 3.14. The van der Waals surface area contributed by atoms with Crippen LogP contribution in [0.3, 0.4) is 0 Å². The number of fused-ring (bicyclic) bond motifs is 3.